The monoisotopic (exact) mass is 249 g/mol. The van der Waals surface area contributed by atoms with Gasteiger partial charge in [0.1, 0.15) is 5.82 Å². The molecule has 17 heavy (non-hydrogen) atoms. The molecular formula is C11H15N5S. The number of rotatable bonds is 2. The molecule has 1 aliphatic carbocycles. The van der Waals surface area contributed by atoms with Crippen LogP contribution in [0.1, 0.15) is 43.1 Å². The Hall–Kier alpha value is -1.43. The van der Waals surface area contributed by atoms with E-state index < -0.39 is 0 Å². The zero-order valence-electron chi connectivity index (χ0n) is 9.73. The van der Waals surface area contributed by atoms with E-state index >= 15 is 0 Å². The normalized spacial score (nSPS) is 16.8. The first-order valence-corrected chi connectivity index (χ1v) is 6.71. The van der Waals surface area contributed by atoms with Gasteiger partial charge < -0.3 is 5.73 Å². The van der Waals surface area contributed by atoms with Gasteiger partial charge >= 0.3 is 0 Å². The van der Waals surface area contributed by atoms with Crippen molar-refractivity contribution in [2.75, 3.05) is 5.73 Å². The van der Waals surface area contributed by atoms with Crippen LogP contribution in [0.25, 0.3) is 10.7 Å². The Morgan fingerprint density at radius 2 is 2.06 bits per heavy atom. The number of aromatic amines is 1. The number of thiazole rings is 1. The molecule has 6 heteroatoms. The van der Waals surface area contributed by atoms with Gasteiger partial charge in [-0.1, -0.05) is 24.2 Å². The molecule has 90 valence electrons. The Kier molecular flexibility index (Phi) is 2.58. The standard InChI is InChI=1S/C11H15N5S/c1-6-8(17-11(12)13-6)10-14-9(15-16-10)7-4-2-3-5-7/h7H,2-5H2,1H3,(H2,12,13)(H,14,15,16). The van der Waals surface area contributed by atoms with Crippen molar-refractivity contribution in [1.82, 2.24) is 20.2 Å². The summed E-state index contributed by atoms with van der Waals surface area (Å²) in [6.07, 6.45) is 5.04. The molecule has 2 aromatic heterocycles. The first kappa shape index (κ1) is 10.7. The number of hydrogen-bond donors (Lipinski definition) is 2. The lowest BCUT2D eigenvalue weighted by Gasteiger charge is -2.01. The number of H-pyrrole nitrogens is 1. The van der Waals surface area contributed by atoms with Crippen molar-refractivity contribution in [3.63, 3.8) is 0 Å². The molecular weight excluding hydrogens is 234 g/mol. The molecule has 3 N–H and O–H groups in total. The fraction of sp³-hybridized carbons (Fsp3) is 0.545. The highest BCUT2D eigenvalue weighted by Gasteiger charge is 2.22. The highest BCUT2D eigenvalue weighted by Crippen LogP contribution is 2.34. The number of nitrogen functional groups attached to an aromatic ring is 1. The van der Waals surface area contributed by atoms with Gasteiger partial charge in [0.25, 0.3) is 0 Å². The van der Waals surface area contributed by atoms with Gasteiger partial charge in [-0.2, -0.15) is 5.10 Å². The maximum absolute atomic E-state index is 5.69. The predicted octanol–water partition coefficient (Wildman–Crippen LogP) is 2.48. The third kappa shape index (κ3) is 1.93. The number of aryl methyl sites for hydroxylation is 1. The molecule has 1 fully saturated rings. The van der Waals surface area contributed by atoms with Gasteiger partial charge in [-0.05, 0) is 19.8 Å². The van der Waals surface area contributed by atoms with Gasteiger partial charge in [0.05, 0.1) is 10.6 Å². The van der Waals surface area contributed by atoms with Gasteiger partial charge in [0.2, 0.25) is 0 Å². The van der Waals surface area contributed by atoms with Crippen LogP contribution in [-0.2, 0) is 0 Å². The van der Waals surface area contributed by atoms with Crippen molar-refractivity contribution < 1.29 is 0 Å². The highest BCUT2D eigenvalue weighted by atomic mass is 32.1. The molecule has 0 radical (unpaired) electrons. The summed E-state index contributed by atoms with van der Waals surface area (Å²) in [5, 5.41) is 7.92. The van der Waals surface area contributed by atoms with E-state index in [2.05, 4.69) is 20.2 Å². The van der Waals surface area contributed by atoms with Crippen LogP contribution in [0, 0.1) is 6.92 Å². The number of anilines is 1. The summed E-state index contributed by atoms with van der Waals surface area (Å²) < 4.78 is 0. The Bertz CT molecular complexity index is 524. The van der Waals surface area contributed by atoms with Crippen LogP contribution < -0.4 is 5.73 Å². The lowest BCUT2D eigenvalue weighted by Crippen LogP contribution is -1.94. The van der Waals surface area contributed by atoms with Crippen molar-refractivity contribution in [3.8, 4) is 10.7 Å². The van der Waals surface area contributed by atoms with Crippen molar-refractivity contribution in [3.05, 3.63) is 11.5 Å². The molecule has 1 saturated carbocycles. The maximum atomic E-state index is 5.69. The van der Waals surface area contributed by atoms with Gasteiger partial charge in [-0.3, -0.25) is 5.10 Å². The third-order valence-corrected chi connectivity index (χ3v) is 4.24. The van der Waals surface area contributed by atoms with E-state index in [1.807, 2.05) is 6.92 Å². The lowest BCUT2D eigenvalue weighted by molar-refractivity contribution is 0.672. The maximum Gasteiger partial charge on any atom is 0.193 e. The fourth-order valence-electron chi connectivity index (χ4n) is 2.38. The van der Waals surface area contributed by atoms with Crippen LogP contribution in [0.2, 0.25) is 0 Å². The summed E-state index contributed by atoms with van der Waals surface area (Å²) in [6.45, 7) is 1.94. The number of hydrogen-bond acceptors (Lipinski definition) is 5. The Balaban J connectivity index is 1.91. The minimum Gasteiger partial charge on any atom is -0.375 e. The fourth-order valence-corrected chi connectivity index (χ4v) is 3.15. The minimum atomic E-state index is 0.557. The Morgan fingerprint density at radius 1 is 1.29 bits per heavy atom. The number of nitrogens with zero attached hydrogens (tertiary/aromatic N) is 3. The van der Waals surface area contributed by atoms with E-state index in [-0.39, 0.29) is 0 Å². The zero-order chi connectivity index (χ0) is 11.8. The first-order valence-electron chi connectivity index (χ1n) is 5.89. The molecule has 5 nitrogen and oxygen atoms in total. The van der Waals surface area contributed by atoms with Gasteiger partial charge in [-0.25, -0.2) is 9.97 Å². The van der Waals surface area contributed by atoms with Crippen LogP contribution >= 0.6 is 11.3 Å². The summed E-state index contributed by atoms with van der Waals surface area (Å²) in [6, 6.07) is 0. The molecule has 2 heterocycles. The van der Waals surface area contributed by atoms with E-state index in [0.717, 1.165) is 22.2 Å². The number of nitrogens with two attached hydrogens (primary N) is 1. The molecule has 0 amide bonds. The molecule has 0 aliphatic heterocycles. The lowest BCUT2D eigenvalue weighted by atomic mass is 10.1. The largest absolute Gasteiger partial charge is 0.375 e. The predicted molar refractivity (Wildman–Crippen MR) is 67.8 cm³/mol. The molecule has 0 saturated heterocycles. The van der Waals surface area contributed by atoms with E-state index in [0.29, 0.717) is 11.0 Å². The topological polar surface area (TPSA) is 80.5 Å². The summed E-state index contributed by atoms with van der Waals surface area (Å²) in [7, 11) is 0. The Morgan fingerprint density at radius 3 is 2.71 bits per heavy atom. The van der Waals surface area contributed by atoms with Gasteiger partial charge in [-0.15, -0.1) is 0 Å². The van der Waals surface area contributed by atoms with E-state index in [9.17, 15) is 0 Å². The highest BCUT2D eigenvalue weighted by molar-refractivity contribution is 7.18. The van der Waals surface area contributed by atoms with Crippen molar-refractivity contribution in [2.24, 2.45) is 0 Å². The van der Waals surface area contributed by atoms with Crippen LogP contribution in [0.5, 0.6) is 0 Å². The minimum absolute atomic E-state index is 0.557. The van der Waals surface area contributed by atoms with Gasteiger partial charge in [0.15, 0.2) is 11.0 Å². The number of aromatic nitrogens is 4. The van der Waals surface area contributed by atoms with E-state index in [1.54, 1.807) is 0 Å². The third-order valence-electron chi connectivity index (χ3n) is 3.26. The average molecular weight is 249 g/mol. The molecule has 0 bridgehead atoms. The second kappa shape index (κ2) is 4.10. The van der Waals surface area contributed by atoms with E-state index in [1.165, 1.54) is 37.0 Å². The molecule has 3 rings (SSSR count). The quantitative estimate of drug-likeness (QED) is 0.856. The molecule has 0 atom stereocenters. The molecule has 0 unspecified atom stereocenters. The second-order valence-electron chi connectivity index (χ2n) is 4.49. The first-order chi connectivity index (χ1) is 8.24. The van der Waals surface area contributed by atoms with Crippen LogP contribution in [-0.4, -0.2) is 20.2 Å². The van der Waals surface area contributed by atoms with Crippen LogP contribution in [0.3, 0.4) is 0 Å². The summed E-state index contributed by atoms with van der Waals surface area (Å²) >= 11 is 1.44. The second-order valence-corrected chi connectivity index (χ2v) is 5.52. The number of nitrogens with one attached hydrogen (secondary N) is 1. The molecule has 0 spiro atoms. The van der Waals surface area contributed by atoms with Crippen LogP contribution in [0.15, 0.2) is 0 Å². The zero-order valence-corrected chi connectivity index (χ0v) is 10.5. The summed E-state index contributed by atoms with van der Waals surface area (Å²) in [4.78, 5) is 9.76. The SMILES string of the molecule is Cc1nc(N)sc1-c1n[nH]c(C2CCCC2)n1. The van der Waals surface area contributed by atoms with Crippen molar-refractivity contribution in [2.45, 2.75) is 38.5 Å². The van der Waals surface area contributed by atoms with Crippen molar-refractivity contribution in [1.29, 1.82) is 0 Å². The average Bonchev–Trinajstić information content (AvgIpc) is 2.97. The van der Waals surface area contributed by atoms with Gasteiger partial charge in [0, 0.05) is 5.92 Å². The molecule has 1 aliphatic rings. The van der Waals surface area contributed by atoms with Crippen molar-refractivity contribution >= 4 is 16.5 Å². The smallest absolute Gasteiger partial charge is 0.193 e. The Labute approximate surface area is 103 Å². The summed E-state index contributed by atoms with van der Waals surface area (Å²) in [5.41, 5.74) is 6.59. The van der Waals surface area contributed by atoms with Crippen LogP contribution in [0.4, 0.5) is 5.13 Å². The molecule has 0 aromatic carbocycles. The van der Waals surface area contributed by atoms with E-state index in [4.69, 9.17) is 5.73 Å². The molecule has 2 aromatic rings. The summed E-state index contributed by atoms with van der Waals surface area (Å²) in [5.74, 6) is 2.31.